The van der Waals surface area contributed by atoms with Crippen LogP contribution in [0.4, 0.5) is 0 Å². The first kappa shape index (κ1) is 20.5. The van der Waals surface area contributed by atoms with Crippen molar-refractivity contribution in [3.05, 3.63) is 66.2 Å². The molecular weight excluding hydrogens is 342 g/mol. The van der Waals surface area contributed by atoms with Crippen LogP contribution in [0.15, 0.2) is 60.7 Å². The molecule has 27 heavy (non-hydrogen) atoms. The lowest BCUT2D eigenvalue weighted by molar-refractivity contribution is -0.144. The summed E-state index contributed by atoms with van der Waals surface area (Å²) >= 11 is 0. The molecule has 5 nitrogen and oxygen atoms in total. The molecule has 144 valence electrons. The number of amides is 1. The quantitative estimate of drug-likeness (QED) is 0.446. The van der Waals surface area contributed by atoms with Crippen LogP contribution in [-0.2, 0) is 20.9 Å². The predicted octanol–water partition coefficient (Wildman–Crippen LogP) is 3.83. The Kier molecular flexibility index (Phi) is 8.90. The average Bonchev–Trinajstić information content (AvgIpc) is 2.70. The maximum atomic E-state index is 12.6. The highest BCUT2D eigenvalue weighted by atomic mass is 16.5. The van der Waals surface area contributed by atoms with Gasteiger partial charge >= 0.3 is 5.97 Å². The van der Waals surface area contributed by atoms with Gasteiger partial charge in [0.15, 0.2) is 0 Å². The second kappa shape index (κ2) is 11.7. The van der Waals surface area contributed by atoms with E-state index < -0.39 is 0 Å². The third-order valence-corrected chi connectivity index (χ3v) is 4.01. The largest absolute Gasteiger partial charge is 0.494 e. The summed E-state index contributed by atoms with van der Waals surface area (Å²) in [6, 6.07) is 19.3. The van der Waals surface area contributed by atoms with Crippen molar-refractivity contribution in [3.8, 4) is 5.75 Å². The van der Waals surface area contributed by atoms with Crippen molar-refractivity contribution >= 4 is 11.9 Å². The van der Waals surface area contributed by atoms with E-state index in [-0.39, 0.29) is 18.3 Å². The fourth-order valence-corrected chi connectivity index (χ4v) is 2.64. The minimum absolute atomic E-state index is 0.0137. The Hall–Kier alpha value is -2.82. The van der Waals surface area contributed by atoms with Crippen LogP contribution < -0.4 is 4.74 Å². The summed E-state index contributed by atoms with van der Waals surface area (Å²) in [5.41, 5.74) is 1.04. The summed E-state index contributed by atoms with van der Waals surface area (Å²) in [4.78, 5) is 26.0. The van der Waals surface area contributed by atoms with E-state index in [2.05, 4.69) is 0 Å². The first-order chi connectivity index (χ1) is 13.2. The number of para-hydroxylation sites is 1. The van der Waals surface area contributed by atoms with Crippen molar-refractivity contribution in [1.82, 2.24) is 4.90 Å². The van der Waals surface area contributed by atoms with Gasteiger partial charge in [-0.05, 0) is 31.0 Å². The number of benzene rings is 2. The zero-order valence-electron chi connectivity index (χ0n) is 15.8. The summed E-state index contributed by atoms with van der Waals surface area (Å²) < 4.78 is 10.6. The normalized spacial score (nSPS) is 10.3. The molecule has 0 aliphatic heterocycles. The second-order valence-electron chi connectivity index (χ2n) is 6.12. The predicted molar refractivity (Wildman–Crippen MR) is 104 cm³/mol. The first-order valence-corrected chi connectivity index (χ1v) is 9.34. The molecule has 0 saturated heterocycles. The Morgan fingerprint density at radius 2 is 1.59 bits per heavy atom. The standard InChI is InChI=1S/C22H27NO4/c1-2-26-22(25)15-16-23(18-19-10-5-3-6-11-19)21(24)14-9-17-27-20-12-7-4-8-13-20/h3-8,10-13H,2,9,14-18H2,1H3. The van der Waals surface area contributed by atoms with E-state index in [0.717, 1.165) is 11.3 Å². The van der Waals surface area contributed by atoms with Crippen LogP contribution in [-0.4, -0.2) is 36.5 Å². The molecule has 2 rings (SSSR count). The molecule has 0 bridgehead atoms. The van der Waals surface area contributed by atoms with E-state index in [9.17, 15) is 9.59 Å². The third-order valence-electron chi connectivity index (χ3n) is 4.01. The van der Waals surface area contributed by atoms with Gasteiger partial charge < -0.3 is 14.4 Å². The van der Waals surface area contributed by atoms with E-state index in [4.69, 9.17) is 9.47 Å². The van der Waals surface area contributed by atoms with Gasteiger partial charge in [0.2, 0.25) is 5.91 Å². The van der Waals surface area contributed by atoms with Crippen LogP contribution >= 0.6 is 0 Å². The molecule has 2 aromatic rings. The van der Waals surface area contributed by atoms with E-state index in [1.165, 1.54) is 0 Å². The summed E-state index contributed by atoms with van der Waals surface area (Å²) in [5, 5.41) is 0. The summed E-state index contributed by atoms with van der Waals surface area (Å²) in [6.45, 7) is 3.44. The van der Waals surface area contributed by atoms with Crippen LogP contribution in [0.2, 0.25) is 0 Å². The van der Waals surface area contributed by atoms with E-state index >= 15 is 0 Å². The zero-order valence-corrected chi connectivity index (χ0v) is 15.8. The number of hydrogen-bond acceptors (Lipinski definition) is 4. The van der Waals surface area contributed by atoms with E-state index in [1.807, 2.05) is 60.7 Å². The van der Waals surface area contributed by atoms with Crippen molar-refractivity contribution in [2.45, 2.75) is 32.7 Å². The van der Waals surface area contributed by atoms with Gasteiger partial charge in [-0.15, -0.1) is 0 Å². The van der Waals surface area contributed by atoms with Crippen LogP contribution in [0.5, 0.6) is 5.75 Å². The smallest absolute Gasteiger partial charge is 0.307 e. The van der Waals surface area contributed by atoms with Crippen LogP contribution in [0.1, 0.15) is 31.7 Å². The lowest BCUT2D eigenvalue weighted by atomic mass is 10.2. The fourth-order valence-electron chi connectivity index (χ4n) is 2.64. The molecule has 0 radical (unpaired) electrons. The number of hydrogen-bond donors (Lipinski definition) is 0. The lowest BCUT2D eigenvalue weighted by Gasteiger charge is -2.22. The molecule has 0 atom stereocenters. The number of ether oxygens (including phenoxy) is 2. The van der Waals surface area contributed by atoms with Gasteiger partial charge in [-0.2, -0.15) is 0 Å². The Morgan fingerprint density at radius 3 is 2.26 bits per heavy atom. The molecule has 0 N–H and O–H groups in total. The van der Waals surface area contributed by atoms with Gasteiger partial charge in [0.25, 0.3) is 0 Å². The Bertz CT molecular complexity index is 688. The van der Waals surface area contributed by atoms with Crippen LogP contribution in [0, 0.1) is 0 Å². The molecule has 0 unspecified atom stereocenters. The minimum atomic E-state index is -0.282. The van der Waals surface area contributed by atoms with Crippen molar-refractivity contribution < 1.29 is 19.1 Å². The van der Waals surface area contributed by atoms with Crippen molar-refractivity contribution in [2.75, 3.05) is 19.8 Å². The Labute approximate surface area is 160 Å². The van der Waals surface area contributed by atoms with Gasteiger partial charge in [-0.25, -0.2) is 0 Å². The Morgan fingerprint density at radius 1 is 0.926 bits per heavy atom. The van der Waals surface area contributed by atoms with E-state index in [1.54, 1.807) is 11.8 Å². The Balaban J connectivity index is 1.84. The topological polar surface area (TPSA) is 55.8 Å². The fraction of sp³-hybridized carbons (Fsp3) is 0.364. The van der Waals surface area contributed by atoms with Gasteiger partial charge in [0, 0.05) is 19.5 Å². The molecule has 0 spiro atoms. The number of nitrogens with zero attached hydrogens (tertiary/aromatic N) is 1. The van der Waals surface area contributed by atoms with Crippen LogP contribution in [0.3, 0.4) is 0 Å². The van der Waals surface area contributed by atoms with Crippen molar-refractivity contribution in [1.29, 1.82) is 0 Å². The van der Waals surface area contributed by atoms with Crippen LogP contribution in [0.25, 0.3) is 0 Å². The number of rotatable bonds is 11. The minimum Gasteiger partial charge on any atom is -0.494 e. The van der Waals surface area contributed by atoms with Gasteiger partial charge in [-0.1, -0.05) is 48.5 Å². The summed E-state index contributed by atoms with van der Waals surface area (Å²) in [5.74, 6) is 0.531. The van der Waals surface area contributed by atoms with Gasteiger partial charge in [0.1, 0.15) is 5.75 Å². The van der Waals surface area contributed by atoms with Gasteiger partial charge in [0.05, 0.1) is 19.6 Å². The molecule has 0 aliphatic carbocycles. The molecular formula is C22H27NO4. The highest BCUT2D eigenvalue weighted by Gasteiger charge is 2.16. The maximum absolute atomic E-state index is 12.6. The molecule has 2 aromatic carbocycles. The molecule has 0 fully saturated rings. The zero-order chi connectivity index (χ0) is 19.3. The molecule has 1 amide bonds. The molecule has 0 aliphatic rings. The molecule has 0 heterocycles. The highest BCUT2D eigenvalue weighted by molar-refractivity contribution is 5.77. The third kappa shape index (κ3) is 7.94. The SMILES string of the molecule is CCOC(=O)CCN(Cc1ccccc1)C(=O)CCCOc1ccccc1. The summed E-state index contributed by atoms with van der Waals surface area (Å²) in [6.07, 6.45) is 1.20. The molecule has 0 saturated carbocycles. The number of esters is 1. The number of carbonyl (C=O) groups is 2. The monoisotopic (exact) mass is 369 g/mol. The lowest BCUT2D eigenvalue weighted by Crippen LogP contribution is -2.33. The summed E-state index contributed by atoms with van der Waals surface area (Å²) in [7, 11) is 0. The average molecular weight is 369 g/mol. The maximum Gasteiger partial charge on any atom is 0.307 e. The highest BCUT2D eigenvalue weighted by Crippen LogP contribution is 2.11. The van der Waals surface area contributed by atoms with E-state index in [0.29, 0.717) is 39.1 Å². The van der Waals surface area contributed by atoms with Crippen molar-refractivity contribution in [3.63, 3.8) is 0 Å². The first-order valence-electron chi connectivity index (χ1n) is 9.34. The molecule has 5 heteroatoms. The van der Waals surface area contributed by atoms with Gasteiger partial charge in [-0.3, -0.25) is 9.59 Å². The molecule has 0 aromatic heterocycles. The number of carbonyl (C=O) groups excluding carboxylic acids is 2. The second-order valence-corrected chi connectivity index (χ2v) is 6.12. The van der Waals surface area contributed by atoms with Crippen molar-refractivity contribution in [2.24, 2.45) is 0 Å².